The van der Waals surface area contributed by atoms with Crippen LogP contribution in [0.25, 0.3) is 6.08 Å². The Morgan fingerprint density at radius 2 is 1.91 bits per heavy atom. The smallest absolute Gasteiger partial charge is 0.309 e. The maximum Gasteiger partial charge on any atom is 0.309 e. The number of cyclic esters (lactones) is 1. The number of thiazole rings is 1. The molecular weight excluding hydrogens is 454 g/mol. The molecule has 0 aliphatic carbocycles. The molecule has 2 aliphatic rings. The Hall–Kier alpha value is -1.61. The summed E-state index contributed by atoms with van der Waals surface area (Å²) in [4.78, 5) is 30.5. The van der Waals surface area contributed by atoms with E-state index in [-0.39, 0.29) is 30.3 Å². The minimum Gasteiger partial charge on any atom is -0.458 e. The van der Waals surface area contributed by atoms with Crippen molar-refractivity contribution < 1.29 is 29.3 Å². The molecule has 2 saturated heterocycles. The average molecular weight is 494 g/mol. The van der Waals surface area contributed by atoms with Gasteiger partial charge in [0.2, 0.25) is 0 Å². The molecule has 0 aromatic carbocycles. The Morgan fingerprint density at radius 3 is 2.56 bits per heavy atom. The SMILES string of the molecule is CC(=Cc1csc(C)n1)[C@@H]1C[C@@H]2O[C@@H]2CCC[C@H](C)C(O)[C@@H](C)C(=O)C(C)(C)[C@@H](O)CC(=O)O1. The van der Waals surface area contributed by atoms with Gasteiger partial charge in [-0.05, 0) is 44.3 Å². The lowest BCUT2D eigenvalue weighted by molar-refractivity contribution is -0.154. The van der Waals surface area contributed by atoms with Gasteiger partial charge in [0.15, 0.2) is 0 Å². The van der Waals surface area contributed by atoms with E-state index in [1.807, 2.05) is 32.2 Å². The van der Waals surface area contributed by atoms with Gasteiger partial charge in [0.25, 0.3) is 0 Å². The van der Waals surface area contributed by atoms with Crippen LogP contribution < -0.4 is 0 Å². The van der Waals surface area contributed by atoms with Crippen molar-refractivity contribution in [3.05, 3.63) is 21.7 Å². The normalized spacial score (nSPS) is 36.0. The molecule has 0 saturated carbocycles. The van der Waals surface area contributed by atoms with Crippen LogP contribution in [0.3, 0.4) is 0 Å². The molecule has 0 spiro atoms. The summed E-state index contributed by atoms with van der Waals surface area (Å²) in [6, 6.07) is 0. The molecule has 3 rings (SSSR count). The predicted octanol–water partition coefficient (Wildman–Crippen LogP) is 4.09. The minimum atomic E-state index is -1.22. The Bertz CT molecular complexity index is 909. The number of hydrogen-bond acceptors (Lipinski definition) is 8. The average Bonchev–Trinajstić information content (AvgIpc) is 3.38. The van der Waals surface area contributed by atoms with Gasteiger partial charge in [-0.25, -0.2) is 4.98 Å². The number of rotatable bonds is 2. The van der Waals surface area contributed by atoms with E-state index in [2.05, 4.69) is 4.98 Å². The molecule has 7 nitrogen and oxygen atoms in total. The van der Waals surface area contributed by atoms with Crippen molar-refractivity contribution in [3.63, 3.8) is 0 Å². The third-order valence-corrected chi connectivity index (χ3v) is 8.20. The lowest BCUT2D eigenvalue weighted by atomic mass is 9.73. The van der Waals surface area contributed by atoms with Crippen LogP contribution >= 0.6 is 11.3 Å². The first-order valence-electron chi connectivity index (χ1n) is 12.3. The number of esters is 1. The molecular formula is C26H39NO6S. The Balaban J connectivity index is 1.81. The number of aliphatic hydroxyl groups is 2. The largest absolute Gasteiger partial charge is 0.458 e. The second-order valence-electron chi connectivity index (χ2n) is 10.6. The molecule has 0 radical (unpaired) electrons. The molecule has 2 fully saturated rings. The van der Waals surface area contributed by atoms with E-state index in [1.54, 1.807) is 32.1 Å². The third kappa shape index (κ3) is 6.53. The van der Waals surface area contributed by atoms with Gasteiger partial charge in [-0.2, -0.15) is 0 Å². The van der Waals surface area contributed by atoms with E-state index >= 15 is 0 Å². The summed E-state index contributed by atoms with van der Waals surface area (Å²) < 4.78 is 11.7. The zero-order valence-corrected chi connectivity index (χ0v) is 21.9. The predicted molar refractivity (Wildman–Crippen MR) is 131 cm³/mol. The van der Waals surface area contributed by atoms with Crippen molar-refractivity contribution in [2.24, 2.45) is 17.3 Å². The second-order valence-corrected chi connectivity index (χ2v) is 11.7. The van der Waals surface area contributed by atoms with Crippen LogP contribution in [0.2, 0.25) is 0 Å². The molecule has 3 heterocycles. The first kappa shape index (κ1) is 27.0. The highest BCUT2D eigenvalue weighted by atomic mass is 32.1. The van der Waals surface area contributed by atoms with Gasteiger partial charge in [-0.15, -0.1) is 11.3 Å². The van der Waals surface area contributed by atoms with Crippen molar-refractivity contribution >= 4 is 29.2 Å². The van der Waals surface area contributed by atoms with Crippen LogP contribution in [-0.4, -0.2) is 57.5 Å². The number of nitrogens with zero attached hydrogens (tertiary/aromatic N) is 1. The van der Waals surface area contributed by atoms with Crippen molar-refractivity contribution in [2.75, 3.05) is 0 Å². The summed E-state index contributed by atoms with van der Waals surface area (Å²) in [5.41, 5.74) is 0.494. The highest BCUT2D eigenvalue weighted by Gasteiger charge is 2.44. The number of aromatic nitrogens is 1. The number of aliphatic hydroxyl groups excluding tert-OH is 2. The Kier molecular flexibility index (Phi) is 8.71. The molecule has 0 bridgehead atoms. The molecule has 1 unspecified atom stereocenters. The topological polar surface area (TPSA) is 109 Å². The maximum absolute atomic E-state index is 13.2. The summed E-state index contributed by atoms with van der Waals surface area (Å²) in [6.45, 7) is 10.8. The van der Waals surface area contributed by atoms with Crippen molar-refractivity contribution in [1.29, 1.82) is 0 Å². The molecule has 0 amide bonds. The van der Waals surface area contributed by atoms with Gasteiger partial charge in [-0.3, -0.25) is 9.59 Å². The number of carbonyl (C=O) groups excluding carboxylic acids is 2. The van der Waals surface area contributed by atoms with Crippen LogP contribution in [0.5, 0.6) is 0 Å². The molecule has 2 N–H and O–H groups in total. The van der Waals surface area contributed by atoms with E-state index in [9.17, 15) is 19.8 Å². The van der Waals surface area contributed by atoms with Crippen LogP contribution in [0.4, 0.5) is 0 Å². The van der Waals surface area contributed by atoms with E-state index in [0.717, 1.165) is 35.5 Å². The second kappa shape index (κ2) is 11.0. The summed E-state index contributed by atoms with van der Waals surface area (Å²) in [5.74, 6) is -1.52. The summed E-state index contributed by atoms with van der Waals surface area (Å²) in [7, 11) is 0. The van der Waals surface area contributed by atoms with E-state index in [0.29, 0.717) is 6.42 Å². The number of ether oxygens (including phenoxy) is 2. The van der Waals surface area contributed by atoms with Crippen molar-refractivity contribution in [3.8, 4) is 0 Å². The van der Waals surface area contributed by atoms with Crippen LogP contribution in [-0.2, 0) is 19.1 Å². The quantitative estimate of drug-likeness (QED) is 0.472. The fourth-order valence-electron chi connectivity index (χ4n) is 4.78. The molecule has 34 heavy (non-hydrogen) atoms. The molecule has 1 aromatic heterocycles. The zero-order valence-electron chi connectivity index (χ0n) is 21.1. The minimum absolute atomic E-state index is 0.00770. The number of aryl methyl sites for hydroxylation is 1. The van der Waals surface area contributed by atoms with Gasteiger partial charge >= 0.3 is 5.97 Å². The lowest BCUT2D eigenvalue weighted by Crippen LogP contribution is -2.45. The molecule has 1 aromatic rings. The summed E-state index contributed by atoms with van der Waals surface area (Å²) in [5, 5.41) is 24.5. The monoisotopic (exact) mass is 493 g/mol. The number of fused-ring (bicyclic) bond motifs is 1. The Morgan fingerprint density at radius 1 is 1.21 bits per heavy atom. The fraction of sp³-hybridized carbons (Fsp3) is 0.731. The first-order valence-corrected chi connectivity index (χ1v) is 13.1. The maximum atomic E-state index is 13.2. The fourth-order valence-corrected chi connectivity index (χ4v) is 5.35. The number of carbonyl (C=O) groups is 2. The standard InChI is InChI=1S/C26H39NO6S/c1-14-8-7-9-19-21(32-19)11-20(15(2)10-18-13-34-17(4)27-18)33-23(29)12-22(28)26(5,6)25(31)16(3)24(14)30/h10,13-14,16,19-22,24,28,30H,7-9,11-12H2,1-6H3/t14-,16+,19+,20-,21-,22-,24?/m0/s1. The van der Waals surface area contributed by atoms with Crippen molar-refractivity contribution in [2.45, 2.75) is 104 Å². The molecule has 190 valence electrons. The molecule has 2 aliphatic heterocycles. The van der Waals surface area contributed by atoms with Crippen molar-refractivity contribution in [1.82, 2.24) is 4.98 Å². The summed E-state index contributed by atoms with van der Waals surface area (Å²) >= 11 is 1.56. The number of ketones is 1. The van der Waals surface area contributed by atoms with Gasteiger partial charge in [0, 0.05) is 17.7 Å². The number of hydrogen-bond donors (Lipinski definition) is 2. The lowest BCUT2D eigenvalue weighted by Gasteiger charge is -2.34. The third-order valence-electron chi connectivity index (χ3n) is 7.41. The van der Waals surface area contributed by atoms with Gasteiger partial charge in [0.05, 0.1) is 47.0 Å². The van der Waals surface area contributed by atoms with E-state index < -0.39 is 35.6 Å². The van der Waals surface area contributed by atoms with Gasteiger partial charge < -0.3 is 19.7 Å². The molecule has 8 heteroatoms. The van der Waals surface area contributed by atoms with Gasteiger partial charge in [-0.1, -0.05) is 34.1 Å². The number of Topliss-reactive ketones (excluding diaryl/α,β-unsaturated/α-hetero) is 1. The van der Waals surface area contributed by atoms with Gasteiger partial charge in [0.1, 0.15) is 11.9 Å². The van der Waals surface area contributed by atoms with Crippen LogP contribution in [0, 0.1) is 24.2 Å². The molecule has 7 atom stereocenters. The van der Waals surface area contributed by atoms with Crippen LogP contribution in [0.15, 0.2) is 11.0 Å². The zero-order chi connectivity index (χ0) is 25.2. The first-order chi connectivity index (χ1) is 15.9. The highest BCUT2D eigenvalue weighted by Crippen LogP contribution is 2.36. The van der Waals surface area contributed by atoms with Crippen LogP contribution in [0.1, 0.15) is 77.4 Å². The van der Waals surface area contributed by atoms with E-state index in [1.165, 1.54) is 0 Å². The Labute approximate surface area is 206 Å². The highest BCUT2D eigenvalue weighted by molar-refractivity contribution is 7.09. The summed E-state index contributed by atoms with van der Waals surface area (Å²) in [6.07, 6.45) is 2.28. The number of epoxide rings is 1. The van der Waals surface area contributed by atoms with E-state index in [4.69, 9.17) is 9.47 Å².